The molecule has 1 amide bonds. The second-order valence-corrected chi connectivity index (χ2v) is 6.06. The van der Waals surface area contributed by atoms with Crippen molar-refractivity contribution in [2.24, 2.45) is 0 Å². The SMILES string of the molecule is Cc1noc(-c2ccnc(-n3cnc(C(=O)NCC4CCCO4)c3)c2)n1. The van der Waals surface area contributed by atoms with E-state index >= 15 is 0 Å². The normalized spacial score (nSPS) is 16.7. The molecule has 0 saturated carbocycles. The van der Waals surface area contributed by atoms with Crippen LogP contribution in [-0.4, -0.2) is 49.8 Å². The van der Waals surface area contributed by atoms with Gasteiger partial charge in [0, 0.05) is 31.1 Å². The molecule has 1 fully saturated rings. The number of nitrogens with zero attached hydrogens (tertiary/aromatic N) is 5. The predicted octanol–water partition coefficient (Wildman–Crippen LogP) is 1.53. The molecule has 0 aromatic carbocycles. The van der Waals surface area contributed by atoms with E-state index in [0.29, 0.717) is 29.8 Å². The maximum absolute atomic E-state index is 12.2. The summed E-state index contributed by atoms with van der Waals surface area (Å²) in [7, 11) is 0. The lowest BCUT2D eigenvalue weighted by molar-refractivity contribution is 0.0854. The van der Waals surface area contributed by atoms with E-state index < -0.39 is 0 Å². The van der Waals surface area contributed by atoms with Crippen molar-refractivity contribution < 1.29 is 14.1 Å². The second kappa shape index (κ2) is 7.04. The third kappa shape index (κ3) is 3.47. The zero-order valence-corrected chi connectivity index (χ0v) is 14.3. The molecule has 1 unspecified atom stereocenters. The van der Waals surface area contributed by atoms with Crippen LogP contribution in [0.5, 0.6) is 0 Å². The van der Waals surface area contributed by atoms with Crippen molar-refractivity contribution in [2.75, 3.05) is 13.2 Å². The smallest absolute Gasteiger partial charge is 0.271 e. The van der Waals surface area contributed by atoms with Crippen LogP contribution in [-0.2, 0) is 4.74 Å². The summed E-state index contributed by atoms with van der Waals surface area (Å²) in [6.07, 6.45) is 6.93. The number of rotatable bonds is 5. The first-order valence-electron chi connectivity index (χ1n) is 8.40. The van der Waals surface area contributed by atoms with E-state index in [1.165, 1.54) is 0 Å². The zero-order chi connectivity index (χ0) is 17.9. The fraction of sp³-hybridized carbons (Fsp3) is 0.353. The highest BCUT2D eigenvalue weighted by Gasteiger charge is 2.18. The van der Waals surface area contributed by atoms with Gasteiger partial charge in [-0.05, 0) is 31.9 Å². The van der Waals surface area contributed by atoms with Gasteiger partial charge in [0.15, 0.2) is 5.82 Å². The van der Waals surface area contributed by atoms with Crippen molar-refractivity contribution >= 4 is 5.91 Å². The lowest BCUT2D eigenvalue weighted by atomic mass is 10.2. The summed E-state index contributed by atoms with van der Waals surface area (Å²) < 4.78 is 12.4. The molecule has 4 heterocycles. The summed E-state index contributed by atoms with van der Waals surface area (Å²) in [5, 5.41) is 6.64. The van der Waals surface area contributed by atoms with Crippen molar-refractivity contribution in [1.29, 1.82) is 0 Å². The number of ether oxygens (including phenoxy) is 1. The molecule has 0 bridgehead atoms. The van der Waals surface area contributed by atoms with Crippen molar-refractivity contribution in [3.63, 3.8) is 0 Å². The largest absolute Gasteiger partial charge is 0.376 e. The van der Waals surface area contributed by atoms with Crippen LogP contribution in [0.25, 0.3) is 17.3 Å². The molecule has 26 heavy (non-hydrogen) atoms. The van der Waals surface area contributed by atoms with Crippen molar-refractivity contribution in [1.82, 2.24) is 30.0 Å². The van der Waals surface area contributed by atoms with Crippen LogP contribution >= 0.6 is 0 Å². The Morgan fingerprint density at radius 2 is 2.35 bits per heavy atom. The Labute approximate surface area is 149 Å². The highest BCUT2D eigenvalue weighted by Crippen LogP contribution is 2.19. The number of aromatic nitrogens is 5. The summed E-state index contributed by atoms with van der Waals surface area (Å²) >= 11 is 0. The summed E-state index contributed by atoms with van der Waals surface area (Å²) in [4.78, 5) is 24.9. The molecule has 134 valence electrons. The molecule has 3 aromatic rings. The number of carbonyl (C=O) groups excluding carboxylic acids is 1. The monoisotopic (exact) mass is 354 g/mol. The minimum Gasteiger partial charge on any atom is -0.376 e. The number of nitrogens with one attached hydrogen (secondary N) is 1. The van der Waals surface area contributed by atoms with Gasteiger partial charge in [-0.25, -0.2) is 9.97 Å². The van der Waals surface area contributed by atoms with Gasteiger partial charge in [-0.3, -0.25) is 9.36 Å². The van der Waals surface area contributed by atoms with Gasteiger partial charge in [-0.15, -0.1) is 0 Å². The van der Waals surface area contributed by atoms with Crippen LogP contribution < -0.4 is 5.32 Å². The first kappa shape index (κ1) is 16.4. The van der Waals surface area contributed by atoms with Gasteiger partial charge in [0.1, 0.15) is 17.8 Å². The van der Waals surface area contributed by atoms with E-state index in [1.807, 2.05) is 0 Å². The van der Waals surface area contributed by atoms with E-state index in [9.17, 15) is 4.79 Å². The van der Waals surface area contributed by atoms with E-state index in [2.05, 4.69) is 25.4 Å². The first-order valence-corrected chi connectivity index (χ1v) is 8.40. The molecule has 9 nitrogen and oxygen atoms in total. The van der Waals surface area contributed by atoms with Gasteiger partial charge in [-0.2, -0.15) is 4.98 Å². The van der Waals surface area contributed by atoms with Crippen LogP contribution in [0.15, 0.2) is 35.4 Å². The average Bonchev–Trinajstić information content (AvgIpc) is 3.41. The number of carbonyl (C=O) groups is 1. The number of pyridine rings is 1. The van der Waals surface area contributed by atoms with E-state index in [1.54, 1.807) is 42.3 Å². The molecular weight excluding hydrogens is 336 g/mol. The molecule has 9 heteroatoms. The summed E-state index contributed by atoms with van der Waals surface area (Å²) in [5.41, 5.74) is 1.07. The number of hydrogen-bond acceptors (Lipinski definition) is 7. The molecule has 1 aliphatic rings. The zero-order valence-electron chi connectivity index (χ0n) is 14.3. The molecule has 1 N–H and O–H groups in total. The number of aryl methyl sites for hydroxylation is 1. The number of hydrogen-bond donors (Lipinski definition) is 1. The highest BCUT2D eigenvalue weighted by atomic mass is 16.5. The number of imidazole rings is 1. The van der Waals surface area contributed by atoms with Gasteiger partial charge in [0.2, 0.25) is 0 Å². The Kier molecular flexibility index (Phi) is 4.44. The molecule has 4 rings (SSSR count). The van der Waals surface area contributed by atoms with Gasteiger partial charge in [-0.1, -0.05) is 5.16 Å². The quantitative estimate of drug-likeness (QED) is 0.740. The Balaban J connectivity index is 1.48. The van der Waals surface area contributed by atoms with Crippen molar-refractivity contribution in [3.05, 3.63) is 42.4 Å². The molecular formula is C17H18N6O3. The first-order chi connectivity index (χ1) is 12.7. The molecule has 0 radical (unpaired) electrons. The lowest BCUT2D eigenvalue weighted by Gasteiger charge is -2.09. The Morgan fingerprint density at radius 1 is 1.42 bits per heavy atom. The topological polar surface area (TPSA) is 108 Å². The standard InChI is InChI=1S/C17H18N6O3/c1-11-21-17(26-22-11)12-4-5-18-15(7-12)23-9-14(20-10-23)16(24)19-8-13-3-2-6-25-13/h4-5,7,9-10,13H,2-3,6,8H2,1H3,(H,19,24). The predicted molar refractivity (Wildman–Crippen MR) is 90.7 cm³/mol. The third-order valence-corrected chi connectivity index (χ3v) is 4.11. The summed E-state index contributed by atoms with van der Waals surface area (Å²) in [5.74, 6) is 1.35. The minimum absolute atomic E-state index is 0.0947. The molecule has 1 aliphatic heterocycles. The van der Waals surface area contributed by atoms with Gasteiger partial charge >= 0.3 is 0 Å². The average molecular weight is 354 g/mol. The maximum atomic E-state index is 12.2. The van der Waals surface area contributed by atoms with Gasteiger partial charge in [0.25, 0.3) is 11.8 Å². The molecule has 1 atom stereocenters. The lowest BCUT2D eigenvalue weighted by Crippen LogP contribution is -2.31. The van der Waals surface area contributed by atoms with Crippen molar-refractivity contribution in [3.8, 4) is 17.3 Å². The molecule has 0 aliphatic carbocycles. The Morgan fingerprint density at radius 3 is 3.12 bits per heavy atom. The fourth-order valence-corrected chi connectivity index (χ4v) is 2.77. The van der Waals surface area contributed by atoms with Crippen LogP contribution in [0.1, 0.15) is 29.2 Å². The molecule has 1 saturated heterocycles. The second-order valence-electron chi connectivity index (χ2n) is 6.06. The van der Waals surface area contributed by atoms with Crippen LogP contribution in [0.3, 0.4) is 0 Å². The van der Waals surface area contributed by atoms with Crippen molar-refractivity contribution in [2.45, 2.75) is 25.9 Å². The number of amides is 1. The molecule has 0 spiro atoms. The fourth-order valence-electron chi connectivity index (χ4n) is 2.77. The Hall–Kier alpha value is -3.07. The van der Waals surface area contributed by atoms with Gasteiger partial charge in [0.05, 0.1) is 6.10 Å². The summed E-state index contributed by atoms with van der Waals surface area (Å²) in [6, 6.07) is 3.57. The van der Waals surface area contributed by atoms with E-state index in [0.717, 1.165) is 25.0 Å². The van der Waals surface area contributed by atoms with Crippen LogP contribution in [0.2, 0.25) is 0 Å². The maximum Gasteiger partial charge on any atom is 0.271 e. The van der Waals surface area contributed by atoms with Crippen LogP contribution in [0.4, 0.5) is 0 Å². The minimum atomic E-state index is -0.233. The highest BCUT2D eigenvalue weighted by molar-refractivity contribution is 5.92. The third-order valence-electron chi connectivity index (χ3n) is 4.11. The summed E-state index contributed by atoms with van der Waals surface area (Å²) in [6.45, 7) is 3.01. The Bertz CT molecular complexity index is 913. The van der Waals surface area contributed by atoms with Gasteiger partial charge < -0.3 is 14.6 Å². The van der Waals surface area contributed by atoms with E-state index in [-0.39, 0.29) is 12.0 Å². The van der Waals surface area contributed by atoms with Crippen LogP contribution in [0, 0.1) is 6.92 Å². The van der Waals surface area contributed by atoms with E-state index in [4.69, 9.17) is 9.26 Å². The molecule has 3 aromatic heterocycles.